The molecule has 0 aromatic heterocycles. The maximum atomic E-state index is 11.8. The smallest absolute Gasteiger partial charge is 0.211 e. The van der Waals surface area contributed by atoms with E-state index in [1.54, 1.807) is 0 Å². The van der Waals surface area contributed by atoms with Crippen LogP contribution in [0.5, 0.6) is 0 Å². The molecule has 0 spiro atoms. The molecule has 0 saturated carbocycles. The molecule has 1 aromatic carbocycles. The van der Waals surface area contributed by atoms with Crippen molar-refractivity contribution in [3.05, 3.63) is 35.4 Å². The zero-order chi connectivity index (χ0) is 15.0. The standard InChI is InChI=1S/C15H26N2O2S/c1-4-16-10-5-11-20(18,19)17-12-14-6-8-15(9-7-14)13(2)3/h6-9,13,16-17H,4-5,10-12H2,1-3H3. The van der Waals surface area contributed by atoms with Gasteiger partial charge in [0.25, 0.3) is 0 Å². The predicted octanol–water partition coefficient (Wildman–Crippen LogP) is 2.23. The summed E-state index contributed by atoms with van der Waals surface area (Å²) in [6.07, 6.45) is 0.634. The molecule has 0 radical (unpaired) electrons. The molecule has 2 N–H and O–H groups in total. The van der Waals surface area contributed by atoms with Crippen molar-refractivity contribution < 1.29 is 8.42 Å². The lowest BCUT2D eigenvalue weighted by Crippen LogP contribution is -2.28. The first-order chi connectivity index (χ1) is 9.44. The van der Waals surface area contributed by atoms with Crippen LogP contribution in [-0.4, -0.2) is 27.3 Å². The molecular weight excluding hydrogens is 272 g/mol. The number of nitrogens with one attached hydrogen (secondary N) is 2. The van der Waals surface area contributed by atoms with Crippen LogP contribution in [-0.2, 0) is 16.6 Å². The van der Waals surface area contributed by atoms with Crippen molar-refractivity contribution >= 4 is 10.0 Å². The third-order valence-corrected chi connectivity index (χ3v) is 4.57. The third kappa shape index (κ3) is 6.50. The van der Waals surface area contributed by atoms with Crippen LogP contribution in [0.4, 0.5) is 0 Å². The summed E-state index contributed by atoms with van der Waals surface area (Å²) < 4.78 is 26.3. The molecule has 1 aromatic rings. The van der Waals surface area contributed by atoms with Crippen molar-refractivity contribution in [2.75, 3.05) is 18.8 Å². The third-order valence-electron chi connectivity index (χ3n) is 3.16. The molecule has 1 rings (SSSR count). The molecule has 20 heavy (non-hydrogen) atoms. The van der Waals surface area contributed by atoms with E-state index in [0.717, 1.165) is 18.7 Å². The van der Waals surface area contributed by atoms with Gasteiger partial charge in [0.2, 0.25) is 10.0 Å². The zero-order valence-corrected chi connectivity index (χ0v) is 13.5. The van der Waals surface area contributed by atoms with Gasteiger partial charge in [0, 0.05) is 6.54 Å². The first kappa shape index (κ1) is 17.1. The number of sulfonamides is 1. The first-order valence-electron chi connectivity index (χ1n) is 7.21. The van der Waals surface area contributed by atoms with Gasteiger partial charge in [-0.05, 0) is 36.6 Å². The highest BCUT2D eigenvalue weighted by atomic mass is 32.2. The monoisotopic (exact) mass is 298 g/mol. The van der Waals surface area contributed by atoms with Crippen LogP contribution < -0.4 is 10.0 Å². The van der Waals surface area contributed by atoms with E-state index in [1.807, 2.05) is 19.1 Å². The minimum Gasteiger partial charge on any atom is -0.317 e. The van der Waals surface area contributed by atoms with Crippen LogP contribution in [0.2, 0.25) is 0 Å². The van der Waals surface area contributed by atoms with Crippen molar-refractivity contribution in [2.45, 2.75) is 39.7 Å². The Labute approximate surface area is 123 Å². The summed E-state index contributed by atoms with van der Waals surface area (Å²) in [5, 5.41) is 3.12. The van der Waals surface area contributed by atoms with Gasteiger partial charge < -0.3 is 5.32 Å². The van der Waals surface area contributed by atoms with Crippen LogP contribution in [0.25, 0.3) is 0 Å². The quantitative estimate of drug-likeness (QED) is 0.687. The average Bonchev–Trinajstić information content (AvgIpc) is 2.42. The van der Waals surface area contributed by atoms with Crippen molar-refractivity contribution in [1.29, 1.82) is 0 Å². The lowest BCUT2D eigenvalue weighted by molar-refractivity contribution is 0.575. The molecule has 0 amide bonds. The first-order valence-corrected chi connectivity index (χ1v) is 8.86. The van der Waals surface area contributed by atoms with E-state index in [1.165, 1.54) is 5.56 Å². The van der Waals surface area contributed by atoms with E-state index in [2.05, 4.69) is 36.0 Å². The Morgan fingerprint density at radius 2 is 1.80 bits per heavy atom. The number of rotatable bonds is 9. The van der Waals surface area contributed by atoms with E-state index in [-0.39, 0.29) is 5.75 Å². The van der Waals surface area contributed by atoms with E-state index in [9.17, 15) is 8.42 Å². The van der Waals surface area contributed by atoms with Crippen molar-refractivity contribution in [1.82, 2.24) is 10.0 Å². The van der Waals surface area contributed by atoms with Gasteiger partial charge in [-0.3, -0.25) is 0 Å². The second-order valence-electron chi connectivity index (χ2n) is 5.24. The van der Waals surface area contributed by atoms with E-state index in [0.29, 0.717) is 18.9 Å². The molecule has 0 unspecified atom stereocenters. The molecule has 114 valence electrons. The summed E-state index contributed by atoms with van der Waals surface area (Å²) >= 11 is 0. The van der Waals surface area contributed by atoms with Crippen molar-refractivity contribution in [3.63, 3.8) is 0 Å². The molecule has 0 aliphatic carbocycles. The number of hydrogen-bond acceptors (Lipinski definition) is 3. The van der Waals surface area contributed by atoms with Crippen LogP contribution in [0.3, 0.4) is 0 Å². The Balaban J connectivity index is 2.41. The second-order valence-corrected chi connectivity index (χ2v) is 7.17. The normalized spacial score (nSPS) is 12.0. The van der Waals surface area contributed by atoms with Gasteiger partial charge in [0.05, 0.1) is 5.75 Å². The van der Waals surface area contributed by atoms with E-state index in [4.69, 9.17) is 0 Å². The van der Waals surface area contributed by atoms with Gasteiger partial charge in [-0.25, -0.2) is 13.1 Å². The summed E-state index contributed by atoms with van der Waals surface area (Å²) in [7, 11) is -3.18. The lowest BCUT2D eigenvalue weighted by atomic mass is 10.0. The van der Waals surface area contributed by atoms with E-state index >= 15 is 0 Å². The fourth-order valence-corrected chi connectivity index (χ4v) is 2.91. The van der Waals surface area contributed by atoms with Gasteiger partial charge in [0.1, 0.15) is 0 Å². The zero-order valence-electron chi connectivity index (χ0n) is 12.6. The summed E-state index contributed by atoms with van der Waals surface area (Å²) in [6.45, 7) is 8.26. The molecule has 0 aliphatic rings. The van der Waals surface area contributed by atoms with Crippen LogP contribution in [0.1, 0.15) is 44.2 Å². The Morgan fingerprint density at radius 3 is 2.35 bits per heavy atom. The molecule has 0 heterocycles. The van der Waals surface area contributed by atoms with Gasteiger partial charge in [0.15, 0.2) is 0 Å². The molecule has 0 fully saturated rings. The molecule has 0 aliphatic heterocycles. The van der Waals surface area contributed by atoms with Gasteiger partial charge in [-0.2, -0.15) is 0 Å². The molecule has 0 saturated heterocycles. The highest BCUT2D eigenvalue weighted by molar-refractivity contribution is 7.89. The topological polar surface area (TPSA) is 58.2 Å². The molecule has 4 nitrogen and oxygen atoms in total. The minimum atomic E-state index is -3.18. The van der Waals surface area contributed by atoms with Crippen LogP contribution in [0, 0.1) is 0 Å². The maximum Gasteiger partial charge on any atom is 0.211 e. The molecule has 5 heteroatoms. The highest BCUT2D eigenvalue weighted by Gasteiger charge is 2.09. The predicted molar refractivity (Wildman–Crippen MR) is 84.3 cm³/mol. The number of hydrogen-bond donors (Lipinski definition) is 2. The SMILES string of the molecule is CCNCCCS(=O)(=O)NCc1ccc(C(C)C)cc1. The largest absolute Gasteiger partial charge is 0.317 e. The minimum absolute atomic E-state index is 0.171. The summed E-state index contributed by atoms with van der Waals surface area (Å²) in [6, 6.07) is 8.08. The molecule has 0 bridgehead atoms. The van der Waals surface area contributed by atoms with Gasteiger partial charge in [-0.1, -0.05) is 45.0 Å². The fourth-order valence-electron chi connectivity index (χ4n) is 1.85. The Hall–Kier alpha value is -0.910. The van der Waals surface area contributed by atoms with Gasteiger partial charge >= 0.3 is 0 Å². The summed E-state index contributed by atoms with van der Waals surface area (Å²) in [5.74, 6) is 0.663. The Morgan fingerprint density at radius 1 is 1.15 bits per heavy atom. The number of benzene rings is 1. The second kappa shape index (κ2) is 8.39. The van der Waals surface area contributed by atoms with Crippen molar-refractivity contribution in [3.8, 4) is 0 Å². The highest BCUT2D eigenvalue weighted by Crippen LogP contribution is 2.14. The van der Waals surface area contributed by atoms with Crippen LogP contribution >= 0.6 is 0 Å². The van der Waals surface area contributed by atoms with E-state index < -0.39 is 10.0 Å². The van der Waals surface area contributed by atoms with Crippen molar-refractivity contribution in [2.24, 2.45) is 0 Å². The Bertz CT molecular complexity index is 481. The molecule has 0 atom stereocenters. The lowest BCUT2D eigenvalue weighted by Gasteiger charge is -2.09. The molecular formula is C15H26N2O2S. The fraction of sp³-hybridized carbons (Fsp3) is 0.600. The van der Waals surface area contributed by atoms with Crippen LogP contribution in [0.15, 0.2) is 24.3 Å². The van der Waals surface area contributed by atoms with Gasteiger partial charge in [-0.15, -0.1) is 0 Å². The summed E-state index contributed by atoms with van der Waals surface area (Å²) in [5.41, 5.74) is 2.26. The maximum absolute atomic E-state index is 11.8. The Kier molecular flexibility index (Phi) is 7.19. The summed E-state index contributed by atoms with van der Waals surface area (Å²) in [4.78, 5) is 0. The average molecular weight is 298 g/mol.